The highest BCUT2D eigenvalue weighted by atomic mass is 79.9. The van der Waals surface area contributed by atoms with E-state index in [1.807, 2.05) is 0 Å². The number of aromatic nitrogens is 3. The first kappa shape index (κ1) is 13.1. The lowest BCUT2D eigenvalue weighted by atomic mass is 10.0. The smallest absolute Gasteiger partial charge is 0.150 e. The number of halogens is 3. The third-order valence-electron chi connectivity index (χ3n) is 2.39. The minimum atomic E-state index is -0.692. The van der Waals surface area contributed by atoms with E-state index in [1.54, 1.807) is 13.8 Å². The quantitative estimate of drug-likeness (QED) is 0.866. The fourth-order valence-corrected chi connectivity index (χ4v) is 1.68. The molecule has 0 bridgehead atoms. The normalized spacial score (nSPS) is 11.9. The summed E-state index contributed by atoms with van der Waals surface area (Å²) in [6.07, 6.45) is 1.48. The summed E-state index contributed by atoms with van der Waals surface area (Å²) in [5.74, 6) is -1.18. The summed E-state index contributed by atoms with van der Waals surface area (Å²) >= 11 is 2.91. The van der Waals surface area contributed by atoms with Crippen LogP contribution in [-0.2, 0) is 5.54 Å². The second-order valence-electron chi connectivity index (χ2n) is 4.49. The molecule has 0 atom stereocenters. The van der Waals surface area contributed by atoms with Gasteiger partial charge in [0.15, 0.2) is 0 Å². The lowest BCUT2D eigenvalue weighted by Gasteiger charge is -2.13. The molecule has 2 N–H and O–H groups in total. The SMILES string of the molecule is CC(C)(N)c1cn(-c2cc(F)c(Br)cc2F)nn1. The maximum atomic E-state index is 13.7. The fraction of sp³-hybridized carbons (Fsp3) is 0.273. The molecule has 0 radical (unpaired) electrons. The van der Waals surface area contributed by atoms with Gasteiger partial charge in [-0.15, -0.1) is 5.10 Å². The van der Waals surface area contributed by atoms with Crippen LogP contribution in [0.25, 0.3) is 5.69 Å². The number of hydrogen-bond acceptors (Lipinski definition) is 3. The molecule has 0 saturated carbocycles. The van der Waals surface area contributed by atoms with E-state index in [9.17, 15) is 8.78 Å². The number of benzene rings is 1. The average Bonchev–Trinajstić information content (AvgIpc) is 2.72. The molecule has 96 valence electrons. The van der Waals surface area contributed by atoms with E-state index >= 15 is 0 Å². The average molecular weight is 317 g/mol. The molecule has 1 heterocycles. The van der Waals surface area contributed by atoms with Crippen LogP contribution in [0.3, 0.4) is 0 Å². The van der Waals surface area contributed by atoms with Crippen molar-refractivity contribution in [1.29, 1.82) is 0 Å². The van der Waals surface area contributed by atoms with Crippen molar-refractivity contribution in [3.63, 3.8) is 0 Å². The van der Waals surface area contributed by atoms with Crippen LogP contribution < -0.4 is 5.73 Å². The summed E-state index contributed by atoms with van der Waals surface area (Å²) in [5.41, 5.74) is 5.63. The maximum absolute atomic E-state index is 13.7. The van der Waals surface area contributed by atoms with Crippen molar-refractivity contribution in [3.05, 3.63) is 40.1 Å². The number of rotatable bonds is 2. The summed E-state index contributed by atoms with van der Waals surface area (Å²) in [5, 5.41) is 7.59. The minimum Gasteiger partial charge on any atom is -0.320 e. The molecule has 7 heteroatoms. The van der Waals surface area contributed by atoms with Crippen LogP contribution in [0.1, 0.15) is 19.5 Å². The molecule has 18 heavy (non-hydrogen) atoms. The third-order valence-corrected chi connectivity index (χ3v) is 3.00. The van der Waals surface area contributed by atoms with Crippen LogP contribution in [0.4, 0.5) is 8.78 Å². The first-order chi connectivity index (χ1) is 8.29. The maximum Gasteiger partial charge on any atom is 0.150 e. The predicted molar refractivity (Wildman–Crippen MR) is 66.2 cm³/mol. The first-order valence-electron chi connectivity index (χ1n) is 5.15. The monoisotopic (exact) mass is 316 g/mol. The molecule has 1 aromatic carbocycles. The molecule has 0 saturated heterocycles. The Labute approximate surface area is 111 Å². The molecule has 4 nitrogen and oxygen atoms in total. The summed E-state index contributed by atoms with van der Waals surface area (Å²) < 4.78 is 28.3. The van der Waals surface area contributed by atoms with E-state index in [-0.39, 0.29) is 10.2 Å². The lowest BCUT2D eigenvalue weighted by molar-refractivity contribution is 0.533. The molecule has 0 aliphatic heterocycles. The molecular weight excluding hydrogens is 306 g/mol. The Morgan fingerprint density at radius 2 is 1.94 bits per heavy atom. The highest BCUT2D eigenvalue weighted by Gasteiger charge is 2.20. The Hall–Kier alpha value is -1.34. The van der Waals surface area contributed by atoms with Crippen molar-refractivity contribution in [1.82, 2.24) is 15.0 Å². The van der Waals surface area contributed by atoms with Crippen molar-refractivity contribution >= 4 is 15.9 Å². The Morgan fingerprint density at radius 3 is 2.50 bits per heavy atom. The Kier molecular flexibility index (Phi) is 3.20. The second-order valence-corrected chi connectivity index (χ2v) is 5.34. The fourth-order valence-electron chi connectivity index (χ4n) is 1.36. The van der Waals surface area contributed by atoms with Gasteiger partial charge in [-0.2, -0.15) is 0 Å². The van der Waals surface area contributed by atoms with Crippen LogP contribution in [0, 0.1) is 11.6 Å². The van der Waals surface area contributed by atoms with Crippen LogP contribution in [0.5, 0.6) is 0 Å². The Bertz CT molecular complexity index is 589. The second kappa shape index (κ2) is 4.40. The molecule has 1 aromatic heterocycles. The zero-order valence-electron chi connectivity index (χ0n) is 9.78. The van der Waals surface area contributed by atoms with E-state index in [4.69, 9.17) is 5.73 Å². The van der Waals surface area contributed by atoms with Crippen LogP contribution >= 0.6 is 15.9 Å². The van der Waals surface area contributed by atoms with Gasteiger partial charge in [0.1, 0.15) is 23.0 Å². The van der Waals surface area contributed by atoms with Crippen LogP contribution in [-0.4, -0.2) is 15.0 Å². The first-order valence-corrected chi connectivity index (χ1v) is 5.95. The van der Waals surface area contributed by atoms with Crippen LogP contribution in [0.15, 0.2) is 22.8 Å². The lowest BCUT2D eigenvalue weighted by Crippen LogP contribution is -2.29. The molecule has 0 fully saturated rings. The van der Waals surface area contributed by atoms with Crippen molar-refractivity contribution in [2.24, 2.45) is 5.73 Å². The molecule has 0 spiro atoms. The van der Waals surface area contributed by atoms with Gasteiger partial charge in [0.25, 0.3) is 0 Å². The predicted octanol–water partition coefficient (Wildman–Crippen LogP) is 2.50. The summed E-state index contributed by atoms with van der Waals surface area (Å²) in [6, 6.07) is 2.08. The Morgan fingerprint density at radius 1 is 1.28 bits per heavy atom. The van der Waals surface area contributed by atoms with Gasteiger partial charge in [0, 0.05) is 6.07 Å². The van der Waals surface area contributed by atoms with Crippen molar-refractivity contribution in [3.8, 4) is 5.69 Å². The van der Waals surface area contributed by atoms with E-state index in [1.165, 1.54) is 6.20 Å². The highest BCUT2D eigenvalue weighted by molar-refractivity contribution is 9.10. The van der Waals surface area contributed by atoms with Gasteiger partial charge in [-0.05, 0) is 35.8 Å². The zero-order chi connectivity index (χ0) is 13.5. The van der Waals surface area contributed by atoms with Crippen molar-refractivity contribution in [2.75, 3.05) is 0 Å². The molecule has 0 amide bonds. The summed E-state index contributed by atoms with van der Waals surface area (Å²) in [7, 11) is 0. The van der Waals surface area contributed by atoms with E-state index in [0.717, 1.165) is 16.8 Å². The van der Waals surface area contributed by atoms with Gasteiger partial charge in [0.2, 0.25) is 0 Å². The molecule has 0 unspecified atom stereocenters. The highest BCUT2D eigenvalue weighted by Crippen LogP contribution is 2.23. The van der Waals surface area contributed by atoms with Crippen LogP contribution in [0.2, 0.25) is 0 Å². The van der Waals surface area contributed by atoms with E-state index in [2.05, 4.69) is 26.2 Å². The zero-order valence-corrected chi connectivity index (χ0v) is 11.4. The minimum absolute atomic E-state index is 0.0151. The van der Waals surface area contributed by atoms with Crippen molar-refractivity contribution in [2.45, 2.75) is 19.4 Å². The van der Waals surface area contributed by atoms with E-state index in [0.29, 0.717) is 5.69 Å². The largest absolute Gasteiger partial charge is 0.320 e. The molecular formula is C11H11BrF2N4. The standard InChI is InChI=1S/C11H11BrF2N4/c1-11(2,15)10-5-18(17-16-10)9-4-7(13)6(12)3-8(9)14/h3-5H,15H2,1-2H3. The number of nitrogens with two attached hydrogens (primary N) is 1. The van der Waals surface area contributed by atoms with E-state index < -0.39 is 17.2 Å². The summed E-state index contributed by atoms with van der Waals surface area (Å²) in [6.45, 7) is 3.50. The van der Waals surface area contributed by atoms with Gasteiger partial charge in [-0.25, -0.2) is 13.5 Å². The van der Waals surface area contributed by atoms with Gasteiger partial charge < -0.3 is 5.73 Å². The topological polar surface area (TPSA) is 56.7 Å². The van der Waals surface area contributed by atoms with Gasteiger partial charge in [-0.1, -0.05) is 5.21 Å². The summed E-state index contributed by atoms with van der Waals surface area (Å²) in [4.78, 5) is 0. The molecule has 0 aliphatic rings. The third kappa shape index (κ3) is 2.41. The molecule has 2 aromatic rings. The number of hydrogen-bond donors (Lipinski definition) is 1. The van der Waals surface area contributed by atoms with Gasteiger partial charge in [-0.3, -0.25) is 0 Å². The van der Waals surface area contributed by atoms with Gasteiger partial charge in [0.05, 0.1) is 16.2 Å². The van der Waals surface area contributed by atoms with Crippen molar-refractivity contribution < 1.29 is 8.78 Å². The van der Waals surface area contributed by atoms with Gasteiger partial charge >= 0.3 is 0 Å². The molecule has 0 aliphatic carbocycles. The number of nitrogens with zero attached hydrogens (tertiary/aromatic N) is 3. The molecule has 2 rings (SSSR count). The Balaban J connectivity index is 2.50.